The average molecular weight is 384 g/mol. The predicted molar refractivity (Wildman–Crippen MR) is 101 cm³/mol. The van der Waals surface area contributed by atoms with Gasteiger partial charge in [0.1, 0.15) is 5.76 Å². The van der Waals surface area contributed by atoms with Gasteiger partial charge in [-0.05, 0) is 42.7 Å². The lowest BCUT2D eigenvalue weighted by atomic mass is 9.87. The SMILES string of the molecule is COC(=O)c1ccc(CNC(=O)CCC2(Cc3ccco3)CCC(=O)N2)cc1. The molecule has 1 saturated heterocycles. The Kier molecular flexibility index (Phi) is 6.13. The average Bonchev–Trinajstić information content (AvgIpc) is 3.35. The summed E-state index contributed by atoms with van der Waals surface area (Å²) >= 11 is 0. The molecule has 1 aromatic heterocycles. The Bertz CT molecular complexity index is 829. The second-order valence-electron chi connectivity index (χ2n) is 7.05. The number of benzene rings is 1. The van der Waals surface area contributed by atoms with Crippen molar-refractivity contribution in [3.8, 4) is 0 Å². The Morgan fingerprint density at radius 2 is 2.04 bits per heavy atom. The summed E-state index contributed by atoms with van der Waals surface area (Å²) in [6, 6.07) is 10.6. The normalized spacial score (nSPS) is 18.5. The Labute approximate surface area is 163 Å². The van der Waals surface area contributed by atoms with Gasteiger partial charge in [0.05, 0.1) is 18.9 Å². The number of ether oxygens (including phenoxy) is 1. The minimum atomic E-state index is -0.436. The molecule has 0 radical (unpaired) electrons. The van der Waals surface area contributed by atoms with Crippen molar-refractivity contribution in [3.63, 3.8) is 0 Å². The first-order valence-corrected chi connectivity index (χ1v) is 9.27. The number of carbonyl (C=O) groups excluding carboxylic acids is 3. The third-order valence-corrected chi connectivity index (χ3v) is 5.02. The molecule has 3 rings (SSSR count). The number of furan rings is 1. The van der Waals surface area contributed by atoms with Gasteiger partial charge in [0.2, 0.25) is 11.8 Å². The van der Waals surface area contributed by atoms with Gasteiger partial charge >= 0.3 is 5.97 Å². The lowest BCUT2D eigenvalue weighted by Gasteiger charge is -2.28. The molecule has 1 fully saturated rings. The number of amides is 2. The number of carbonyl (C=O) groups is 3. The quantitative estimate of drug-likeness (QED) is 0.681. The molecule has 1 aliphatic rings. The van der Waals surface area contributed by atoms with E-state index >= 15 is 0 Å². The van der Waals surface area contributed by atoms with Crippen LogP contribution < -0.4 is 10.6 Å². The molecule has 2 amide bonds. The fraction of sp³-hybridized carbons (Fsp3) is 0.381. The molecule has 0 bridgehead atoms. The lowest BCUT2D eigenvalue weighted by molar-refractivity contribution is -0.122. The highest BCUT2D eigenvalue weighted by atomic mass is 16.5. The number of esters is 1. The second kappa shape index (κ2) is 8.73. The smallest absolute Gasteiger partial charge is 0.337 e. The van der Waals surface area contributed by atoms with Crippen LogP contribution in [0.15, 0.2) is 47.1 Å². The summed E-state index contributed by atoms with van der Waals surface area (Å²) in [4.78, 5) is 35.5. The molecule has 0 spiro atoms. The fourth-order valence-electron chi connectivity index (χ4n) is 3.45. The second-order valence-corrected chi connectivity index (χ2v) is 7.05. The first kappa shape index (κ1) is 19.7. The van der Waals surface area contributed by atoms with Gasteiger partial charge in [-0.1, -0.05) is 12.1 Å². The summed E-state index contributed by atoms with van der Waals surface area (Å²) in [5.74, 6) is 0.332. The molecular weight excluding hydrogens is 360 g/mol. The first-order chi connectivity index (χ1) is 13.5. The summed E-state index contributed by atoms with van der Waals surface area (Å²) in [5, 5.41) is 5.92. The molecule has 7 heteroatoms. The van der Waals surface area contributed by atoms with Crippen LogP contribution in [-0.4, -0.2) is 30.4 Å². The number of nitrogens with one attached hydrogen (secondary N) is 2. The maximum Gasteiger partial charge on any atom is 0.337 e. The molecule has 1 aromatic carbocycles. The molecule has 0 saturated carbocycles. The summed E-state index contributed by atoms with van der Waals surface area (Å²) in [5.41, 5.74) is 0.920. The zero-order valence-electron chi connectivity index (χ0n) is 15.8. The van der Waals surface area contributed by atoms with Crippen molar-refractivity contribution in [2.24, 2.45) is 0 Å². The molecule has 148 valence electrons. The van der Waals surface area contributed by atoms with E-state index in [9.17, 15) is 14.4 Å². The van der Waals surface area contributed by atoms with Gasteiger partial charge in [0.15, 0.2) is 0 Å². The zero-order chi connectivity index (χ0) is 20.0. The van der Waals surface area contributed by atoms with Gasteiger partial charge in [-0.25, -0.2) is 4.79 Å². The van der Waals surface area contributed by atoms with Gasteiger partial charge < -0.3 is 19.8 Å². The summed E-state index contributed by atoms with van der Waals surface area (Å²) < 4.78 is 10.1. The van der Waals surface area contributed by atoms with E-state index < -0.39 is 11.5 Å². The van der Waals surface area contributed by atoms with E-state index in [1.807, 2.05) is 12.1 Å². The highest BCUT2D eigenvalue weighted by Crippen LogP contribution is 2.29. The lowest BCUT2D eigenvalue weighted by Crippen LogP contribution is -2.44. The zero-order valence-corrected chi connectivity index (χ0v) is 15.8. The molecule has 2 aromatic rings. The van der Waals surface area contributed by atoms with E-state index in [1.165, 1.54) is 7.11 Å². The van der Waals surface area contributed by atoms with Crippen LogP contribution in [0.4, 0.5) is 0 Å². The molecule has 0 aliphatic carbocycles. The summed E-state index contributed by atoms with van der Waals surface area (Å²) in [6.07, 6.45) is 4.20. The van der Waals surface area contributed by atoms with Crippen molar-refractivity contribution >= 4 is 17.8 Å². The highest BCUT2D eigenvalue weighted by Gasteiger charge is 2.38. The molecule has 2 N–H and O–H groups in total. The van der Waals surface area contributed by atoms with Crippen LogP contribution in [-0.2, 0) is 27.3 Å². The maximum absolute atomic E-state index is 12.3. The third kappa shape index (κ3) is 5.00. The van der Waals surface area contributed by atoms with E-state index in [-0.39, 0.29) is 11.8 Å². The fourth-order valence-corrected chi connectivity index (χ4v) is 3.45. The topological polar surface area (TPSA) is 97.6 Å². The van der Waals surface area contributed by atoms with E-state index in [4.69, 9.17) is 4.42 Å². The van der Waals surface area contributed by atoms with Crippen LogP contribution in [0, 0.1) is 0 Å². The van der Waals surface area contributed by atoms with Gasteiger partial charge in [-0.2, -0.15) is 0 Å². The van der Waals surface area contributed by atoms with Gasteiger partial charge in [0.25, 0.3) is 0 Å². The van der Waals surface area contributed by atoms with Crippen molar-refractivity contribution < 1.29 is 23.5 Å². The molecule has 1 unspecified atom stereocenters. The number of hydrogen-bond acceptors (Lipinski definition) is 5. The van der Waals surface area contributed by atoms with Gasteiger partial charge in [-0.15, -0.1) is 0 Å². The van der Waals surface area contributed by atoms with Crippen LogP contribution in [0.2, 0.25) is 0 Å². The van der Waals surface area contributed by atoms with Crippen molar-refractivity contribution in [1.82, 2.24) is 10.6 Å². The van der Waals surface area contributed by atoms with E-state index in [2.05, 4.69) is 15.4 Å². The number of rotatable bonds is 8. The van der Waals surface area contributed by atoms with E-state index in [1.54, 1.807) is 30.5 Å². The van der Waals surface area contributed by atoms with Crippen molar-refractivity contribution in [3.05, 3.63) is 59.5 Å². The van der Waals surface area contributed by atoms with Crippen LogP contribution in [0.1, 0.15) is 47.4 Å². The molecule has 2 heterocycles. The minimum absolute atomic E-state index is 0.0117. The highest BCUT2D eigenvalue weighted by molar-refractivity contribution is 5.89. The number of methoxy groups -OCH3 is 1. The summed E-state index contributed by atoms with van der Waals surface area (Å²) in [7, 11) is 1.34. The largest absolute Gasteiger partial charge is 0.469 e. The van der Waals surface area contributed by atoms with Crippen molar-refractivity contribution in [2.75, 3.05) is 7.11 Å². The number of hydrogen-bond donors (Lipinski definition) is 2. The third-order valence-electron chi connectivity index (χ3n) is 5.02. The van der Waals surface area contributed by atoms with Gasteiger partial charge in [0, 0.05) is 31.3 Å². The molecule has 1 aliphatic heterocycles. The van der Waals surface area contributed by atoms with Crippen molar-refractivity contribution in [1.29, 1.82) is 0 Å². The molecule has 28 heavy (non-hydrogen) atoms. The first-order valence-electron chi connectivity index (χ1n) is 9.27. The van der Waals surface area contributed by atoms with E-state index in [0.717, 1.165) is 11.3 Å². The molecular formula is C21H24N2O5. The van der Waals surface area contributed by atoms with Crippen LogP contribution in [0.3, 0.4) is 0 Å². The van der Waals surface area contributed by atoms with Crippen molar-refractivity contribution in [2.45, 2.75) is 44.2 Å². The maximum atomic E-state index is 12.3. The van der Waals surface area contributed by atoms with Gasteiger partial charge in [-0.3, -0.25) is 9.59 Å². The van der Waals surface area contributed by atoms with Crippen LogP contribution >= 0.6 is 0 Å². The molecule has 1 atom stereocenters. The Morgan fingerprint density at radius 1 is 1.25 bits per heavy atom. The monoisotopic (exact) mass is 384 g/mol. The standard InChI is InChI=1S/C21H24N2O5/c1-27-20(26)16-6-4-15(5-7-16)14-22-18(24)8-10-21(11-9-19(25)23-21)13-17-3-2-12-28-17/h2-7,12H,8-11,13-14H2,1H3,(H,22,24)(H,23,25). The predicted octanol–water partition coefficient (Wildman–Crippen LogP) is 2.35. The minimum Gasteiger partial charge on any atom is -0.469 e. The Morgan fingerprint density at radius 3 is 2.64 bits per heavy atom. The Balaban J connectivity index is 1.51. The van der Waals surface area contributed by atoms with Crippen LogP contribution in [0.5, 0.6) is 0 Å². The van der Waals surface area contributed by atoms with E-state index in [0.29, 0.717) is 44.2 Å². The Hall–Kier alpha value is -3.09. The molecule has 7 nitrogen and oxygen atoms in total. The summed E-state index contributed by atoms with van der Waals surface area (Å²) in [6.45, 7) is 0.373. The van der Waals surface area contributed by atoms with Crippen LogP contribution in [0.25, 0.3) is 0 Å².